The lowest BCUT2D eigenvalue weighted by Crippen LogP contribution is -2.22. The van der Waals surface area contributed by atoms with E-state index in [9.17, 15) is 0 Å². The van der Waals surface area contributed by atoms with Crippen molar-refractivity contribution in [3.8, 4) is 5.75 Å². The van der Waals surface area contributed by atoms with Crippen molar-refractivity contribution < 1.29 is 4.74 Å². The van der Waals surface area contributed by atoms with Crippen LogP contribution in [0.15, 0.2) is 54.6 Å². The van der Waals surface area contributed by atoms with Crippen molar-refractivity contribution in [1.82, 2.24) is 0 Å². The van der Waals surface area contributed by atoms with Gasteiger partial charge in [-0.3, -0.25) is 0 Å². The number of methoxy groups -OCH3 is 1. The van der Waals surface area contributed by atoms with Gasteiger partial charge < -0.3 is 9.64 Å². The molecule has 0 bridgehead atoms. The molecular formula is C16H17NOS. The second-order valence-corrected chi connectivity index (χ2v) is 5.68. The molecule has 2 aromatic rings. The maximum Gasteiger partial charge on any atom is 0.125 e. The molecule has 0 aliphatic carbocycles. The second kappa shape index (κ2) is 5.57. The maximum atomic E-state index is 5.50. The van der Waals surface area contributed by atoms with Crippen LogP contribution in [0.3, 0.4) is 0 Å². The van der Waals surface area contributed by atoms with Gasteiger partial charge in [0.2, 0.25) is 0 Å². The molecule has 2 nitrogen and oxygen atoms in total. The minimum absolute atomic E-state index is 0.346. The van der Waals surface area contributed by atoms with E-state index in [0.717, 1.165) is 18.0 Å². The number of rotatable bonds is 3. The highest BCUT2D eigenvalue weighted by molar-refractivity contribution is 7.99. The molecule has 0 unspecified atom stereocenters. The number of nitrogens with zero attached hydrogens (tertiary/aromatic N) is 1. The summed E-state index contributed by atoms with van der Waals surface area (Å²) in [5.74, 6) is 2.13. The van der Waals surface area contributed by atoms with Gasteiger partial charge in [-0.15, -0.1) is 11.8 Å². The molecular weight excluding hydrogens is 254 g/mol. The zero-order chi connectivity index (χ0) is 13.1. The van der Waals surface area contributed by atoms with Gasteiger partial charge in [0, 0.05) is 23.5 Å². The minimum atomic E-state index is 0.346. The third-order valence-corrected chi connectivity index (χ3v) is 4.63. The van der Waals surface area contributed by atoms with Crippen molar-refractivity contribution in [1.29, 1.82) is 0 Å². The molecule has 1 saturated heterocycles. The van der Waals surface area contributed by atoms with Gasteiger partial charge in [-0.1, -0.05) is 36.4 Å². The van der Waals surface area contributed by atoms with Gasteiger partial charge in [-0.05, 0) is 18.2 Å². The number of hydrogen-bond donors (Lipinski definition) is 0. The smallest absolute Gasteiger partial charge is 0.125 e. The summed E-state index contributed by atoms with van der Waals surface area (Å²) in [6, 6.07) is 18.9. The van der Waals surface area contributed by atoms with Crippen molar-refractivity contribution in [3.63, 3.8) is 0 Å². The molecule has 3 rings (SSSR count). The summed E-state index contributed by atoms with van der Waals surface area (Å²) in [4.78, 5) is 2.45. The van der Waals surface area contributed by atoms with Crippen LogP contribution in [-0.2, 0) is 0 Å². The lowest BCUT2D eigenvalue weighted by atomic mass is 10.1. The standard InChI is InChI=1S/C16H17NOS/c1-18-15-10-6-5-9-14(15)16-17(11-12-19-16)13-7-3-2-4-8-13/h2-10,16H,11-12H2,1H3/t16-/m1/s1. The van der Waals surface area contributed by atoms with Crippen LogP contribution in [0, 0.1) is 0 Å². The van der Waals surface area contributed by atoms with Crippen LogP contribution in [0.25, 0.3) is 0 Å². The Kier molecular flexibility index (Phi) is 3.65. The summed E-state index contributed by atoms with van der Waals surface area (Å²) in [5, 5.41) is 0.346. The highest BCUT2D eigenvalue weighted by atomic mass is 32.2. The van der Waals surface area contributed by atoms with Gasteiger partial charge in [-0.2, -0.15) is 0 Å². The predicted octanol–water partition coefficient (Wildman–Crippen LogP) is 3.95. The summed E-state index contributed by atoms with van der Waals surface area (Å²) in [6.45, 7) is 1.08. The average Bonchev–Trinajstić information content (AvgIpc) is 2.97. The van der Waals surface area contributed by atoms with Crippen molar-refractivity contribution in [2.45, 2.75) is 5.37 Å². The predicted molar refractivity (Wildman–Crippen MR) is 82.0 cm³/mol. The van der Waals surface area contributed by atoms with Crippen molar-refractivity contribution >= 4 is 17.4 Å². The second-order valence-electron chi connectivity index (χ2n) is 4.49. The third kappa shape index (κ3) is 2.43. The fraction of sp³-hybridized carbons (Fsp3) is 0.250. The molecule has 19 heavy (non-hydrogen) atoms. The summed E-state index contributed by atoms with van der Waals surface area (Å²) in [5.41, 5.74) is 2.54. The van der Waals surface area contributed by atoms with Gasteiger partial charge in [0.05, 0.1) is 7.11 Å². The molecule has 1 heterocycles. The average molecular weight is 271 g/mol. The van der Waals surface area contributed by atoms with E-state index in [0.29, 0.717) is 5.37 Å². The Morgan fingerprint density at radius 1 is 1.05 bits per heavy atom. The van der Waals surface area contributed by atoms with E-state index in [1.165, 1.54) is 11.3 Å². The number of benzene rings is 2. The molecule has 1 aliphatic rings. The highest BCUT2D eigenvalue weighted by Gasteiger charge is 2.28. The van der Waals surface area contributed by atoms with E-state index in [1.807, 2.05) is 23.9 Å². The molecule has 1 fully saturated rings. The van der Waals surface area contributed by atoms with Crippen LogP contribution < -0.4 is 9.64 Å². The van der Waals surface area contributed by atoms with Gasteiger partial charge in [-0.25, -0.2) is 0 Å². The zero-order valence-corrected chi connectivity index (χ0v) is 11.8. The van der Waals surface area contributed by atoms with Crippen LogP contribution >= 0.6 is 11.8 Å². The fourth-order valence-electron chi connectivity index (χ4n) is 2.48. The number of para-hydroxylation sites is 2. The lowest BCUT2D eigenvalue weighted by molar-refractivity contribution is 0.409. The first-order valence-electron chi connectivity index (χ1n) is 6.46. The normalized spacial score (nSPS) is 18.6. The molecule has 98 valence electrons. The number of hydrogen-bond acceptors (Lipinski definition) is 3. The molecule has 3 heteroatoms. The van der Waals surface area contributed by atoms with Crippen molar-refractivity contribution in [2.24, 2.45) is 0 Å². The van der Waals surface area contributed by atoms with Gasteiger partial charge >= 0.3 is 0 Å². The Labute approximate surface area is 118 Å². The van der Waals surface area contributed by atoms with Crippen LogP contribution in [0.5, 0.6) is 5.75 Å². The Hall–Kier alpha value is -1.61. The van der Waals surface area contributed by atoms with E-state index >= 15 is 0 Å². The summed E-state index contributed by atoms with van der Waals surface area (Å²) in [6.07, 6.45) is 0. The minimum Gasteiger partial charge on any atom is -0.496 e. The van der Waals surface area contributed by atoms with Crippen LogP contribution in [0.2, 0.25) is 0 Å². The molecule has 1 atom stereocenters. The molecule has 0 amide bonds. The van der Waals surface area contributed by atoms with Crippen LogP contribution in [-0.4, -0.2) is 19.4 Å². The summed E-state index contributed by atoms with van der Waals surface area (Å²) >= 11 is 1.97. The van der Waals surface area contributed by atoms with Crippen molar-refractivity contribution in [2.75, 3.05) is 24.3 Å². The fourth-order valence-corrected chi connectivity index (χ4v) is 3.79. The summed E-state index contributed by atoms with van der Waals surface area (Å²) in [7, 11) is 1.74. The molecule has 0 spiro atoms. The molecule has 0 aromatic heterocycles. The topological polar surface area (TPSA) is 12.5 Å². The quantitative estimate of drug-likeness (QED) is 0.838. The molecule has 0 N–H and O–H groups in total. The highest BCUT2D eigenvalue weighted by Crippen LogP contribution is 2.43. The van der Waals surface area contributed by atoms with E-state index in [2.05, 4.69) is 47.4 Å². The Morgan fingerprint density at radius 2 is 1.79 bits per heavy atom. The van der Waals surface area contributed by atoms with Gasteiger partial charge in [0.25, 0.3) is 0 Å². The third-order valence-electron chi connectivity index (χ3n) is 3.38. The maximum absolute atomic E-state index is 5.50. The molecule has 0 radical (unpaired) electrons. The SMILES string of the molecule is COc1ccccc1[C@H]1SCCN1c1ccccc1. The largest absolute Gasteiger partial charge is 0.496 e. The van der Waals surface area contributed by atoms with Crippen LogP contribution in [0.4, 0.5) is 5.69 Å². The lowest BCUT2D eigenvalue weighted by Gasteiger charge is -2.27. The Morgan fingerprint density at radius 3 is 2.58 bits per heavy atom. The monoisotopic (exact) mass is 271 g/mol. The van der Waals surface area contributed by atoms with Crippen LogP contribution in [0.1, 0.15) is 10.9 Å². The van der Waals surface area contributed by atoms with E-state index in [1.54, 1.807) is 7.11 Å². The van der Waals surface area contributed by atoms with E-state index in [4.69, 9.17) is 4.74 Å². The summed E-state index contributed by atoms with van der Waals surface area (Å²) < 4.78 is 5.50. The van der Waals surface area contributed by atoms with E-state index < -0.39 is 0 Å². The molecule has 2 aromatic carbocycles. The Bertz CT molecular complexity index is 543. The zero-order valence-electron chi connectivity index (χ0n) is 11.0. The van der Waals surface area contributed by atoms with Gasteiger partial charge in [0.1, 0.15) is 11.1 Å². The van der Waals surface area contributed by atoms with E-state index in [-0.39, 0.29) is 0 Å². The first-order valence-corrected chi connectivity index (χ1v) is 7.51. The van der Waals surface area contributed by atoms with Crippen molar-refractivity contribution in [3.05, 3.63) is 60.2 Å². The Balaban J connectivity index is 1.95. The number of thioether (sulfide) groups is 1. The van der Waals surface area contributed by atoms with Gasteiger partial charge in [0.15, 0.2) is 0 Å². The molecule has 1 aliphatic heterocycles. The first-order chi connectivity index (χ1) is 9.40. The number of ether oxygens (including phenoxy) is 1. The molecule has 0 saturated carbocycles. The number of anilines is 1. The first kappa shape index (κ1) is 12.4.